The molecule has 3 aromatic rings. The predicted octanol–water partition coefficient (Wildman–Crippen LogP) is 3.46. The molecule has 0 radical (unpaired) electrons. The van der Waals surface area contributed by atoms with E-state index in [4.69, 9.17) is 13.9 Å². The number of nitrogens with zero attached hydrogens (tertiary/aromatic N) is 1. The maximum atomic E-state index is 12.7. The zero-order valence-electron chi connectivity index (χ0n) is 17.4. The highest BCUT2D eigenvalue weighted by molar-refractivity contribution is 6.00. The number of rotatable bonds is 6. The Hall–Kier alpha value is -3.61. The van der Waals surface area contributed by atoms with Gasteiger partial charge in [-0.2, -0.15) is 0 Å². The third-order valence-electron chi connectivity index (χ3n) is 5.53. The number of hydrogen-bond acceptors (Lipinski definition) is 6. The summed E-state index contributed by atoms with van der Waals surface area (Å²) in [4.78, 5) is 38.8. The zero-order valence-corrected chi connectivity index (χ0v) is 17.4. The highest BCUT2D eigenvalue weighted by Crippen LogP contribution is 2.29. The monoisotopic (exact) mass is 421 g/mol. The van der Waals surface area contributed by atoms with E-state index in [0.29, 0.717) is 22.3 Å². The second-order valence-electron chi connectivity index (χ2n) is 7.45. The van der Waals surface area contributed by atoms with E-state index < -0.39 is 17.5 Å². The fraction of sp³-hybridized carbons (Fsp3) is 0.292. The van der Waals surface area contributed by atoms with E-state index in [1.807, 2.05) is 31.2 Å². The third-order valence-corrected chi connectivity index (χ3v) is 5.53. The highest BCUT2D eigenvalue weighted by atomic mass is 16.5. The van der Waals surface area contributed by atoms with Crippen molar-refractivity contribution in [1.82, 2.24) is 0 Å². The van der Waals surface area contributed by atoms with Crippen LogP contribution in [0.25, 0.3) is 11.0 Å². The number of fused-ring (bicyclic) bond motifs is 1. The maximum Gasteiger partial charge on any atom is 0.336 e. The Kier molecular flexibility index (Phi) is 5.75. The van der Waals surface area contributed by atoms with Crippen molar-refractivity contribution in [3.8, 4) is 5.75 Å². The standard InChI is InChI=1S/C24H23NO6/c1-3-15-6-4-5-7-20(15)25-13-16(10-22(25)26)24(28)30-14-17-11-23(27)31-21-12-18(29-2)8-9-19(17)21/h4-9,11-12,16H,3,10,13-14H2,1-2H3/t16-/m0/s1. The van der Waals surface area contributed by atoms with Gasteiger partial charge < -0.3 is 18.8 Å². The number of benzene rings is 2. The average molecular weight is 421 g/mol. The largest absolute Gasteiger partial charge is 0.497 e. The summed E-state index contributed by atoms with van der Waals surface area (Å²) in [6, 6.07) is 14.1. The molecule has 1 aliphatic heterocycles. The Morgan fingerprint density at radius 2 is 1.94 bits per heavy atom. The Morgan fingerprint density at radius 3 is 2.71 bits per heavy atom. The van der Waals surface area contributed by atoms with Gasteiger partial charge in [-0.15, -0.1) is 0 Å². The van der Waals surface area contributed by atoms with Gasteiger partial charge in [0.15, 0.2) is 0 Å². The lowest BCUT2D eigenvalue weighted by molar-refractivity contribution is -0.149. The summed E-state index contributed by atoms with van der Waals surface area (Å²) < 4.78 is 15.9. The molecule has 0 N–H and O–H groups in total. The molecule has 0 saturated carbocycles. The molecule has 0 unspecified atom stereocenters. The Balaban J connectivity index is 1.48. The van der Waals surface area contributed by atoms with Crippen molar-refractivity contribution in [2.75, 3.05) is 18.6 Å². The van der Waals surface area contributed by atoms with Crippen LogP contribution in [0.15, 0.2) is 57.7 Å². The van der Waals surface area contributed by atoms with Crippen molar-refractivity contribution < 1.29 is 23.5 Å². The minimum atomic E-state index is -0.552. The second kappa shape index (κ2) is 8.63. The molecule has 160 valence electrons. The molecular weight excluding hydrogens is 398 g/mol. The van der Waals surface area contributed by atoms with Crippen LogP contribution in [0.3, 0.4) is 0 Å². The number of esters is 1. The van der Waals surface area contributed by atoms with Crippen LogP contribution in [0, 0.1) is 5.92 Å². The van der Waals surface area contributed by atoms with Crippen molar-refractivity contribution in [1.29, 1.82) is 0 Å². The van der Waals surface area contributed by atoms with E-state index >= 15 is 0 Å². The molecule has 7 nitrogen and oxygen atoms in total. The first-order valence-corrected chi connectivity index (χ1v) is 10.2. The molecule has 1 aliphatic rings. The minimum Gasteiger partial charge on any atom is -0.497 e. The van der Waals surface area contributed by atoms with E-state index in [0.717, 1.165) is 17.7 Å². The van der Waals surface area contributed by atoms with Gasteiger partial charge in [-0.25, -0.2) is 4.79 Å². The molecule has 1 amide bonds. The number of para-hydroxylation sites is 1. The molecule has 0 aliphatic carbocycles. The van der Waals surface area contributed by atoms with E-state index in [1.165, 1.54) is 13.2 Å². The van der Waals surface area contributed by atoms with Crippen molar-refractivity contribution in [3.05, 3.63) is 70.1 Å². The third kappa shape index (κ3) is 4.17. The van der Waals surface area contributed by atoms with Crippen molar-refractivity contribution in [2.45, 2.75) is 26.4 Å². The van der Waals surface area contributed by atoms with E-state index in [9.17, 15) is 14.4 Å². The number of anilines is 1. The van der Waals surface area contributed by atoms with Crippen LogP contribution in [-0.4, -0.2) is 25.5 Å². The summed E-state index contributed by atoms with van der Waals surface area (Å²) in [5.41, 5.74) is 2.26. The van der Waals surface area contributed by atoms with Gasteiger partial charge >= 0.3 is 11.6 Å². The summed E-state index contributed by atoms with van der Waals surface area (Å²) in [6.07, 6.45) is 0.898. The first kappa shape index (κ1) is 20.7. The minimum absolute atomic E-state index is 0.0799. The number of aryl methyl sites for hydroxylation is 1. The Morgan fingerprint density at radius 1 is 1.13 bits per heavy atom. The fourth-order valence-corrected chi connectivity index (χ4v) is 3.89. The van der Waals surface area contributed by atoms with E-state index in [2.05, 4.69) is 0 Å². The van der Waals surface area contributed by atoms with Crippen LogP contribution in [0.4, 0.5) is 5.69 Å². The SMILES string of the molecule is CCc1ccccc1N1C[C@@H](C(=O)OCc2cc(=O)oc3cc(OC)ccc23)CC1=O. The molecule has 7 heteroatoms. The fourth-order valence-electron chi connectivity index (χ4n) is 3.89. The van der Waals surface area contributed by atoms with Gasteiger partial charge in [-0.05, 0) is 30.2 Å². The molecule has 2 aromatic carbocycles. The molecule has 4 rings (SSSR count). The van der Waals surface area contributed by atoms with Crippen molar-refractivity contribution in [3.63, 3.8) is 0 Å². The molecule has 1 aromatic heterocycles. The van der Waals surface area contributed by atoms with Crippen molar-refractivity contribution >= 4 is 28.5 Å². The predicted molar refractivity (Wildman–Crippen MR) is 115 cm³/mol. The lowest BCUT2D eigenvalue weighted by Gasteiger charge is -2.19. The number of amides is 1. The summed E-state index contributed by atoms with van der Waals surface area (Å²) in [7, 11) is 1.52. The molecule has 0 bridgehead atoms. The van der Waals surface area contributed by atoms with Gasteiger partial charge in [-0.1, -0.05) is 25.1 Å². The maximum absolute atomic E-state index is 12.7. The Labute approximate surface area is 179 Å². The second-order valence-corrected chi connectivity index (χ2v) is 7.45. The molecular formula is C24H23NO6. The number of carbonyl (C=O) groups excluding carboxylic acids is 2. The normalized spacial score (nSPS) is 16.0. The van der Waals surface area contributed by atoms with Crippen LogP contribution >= 0.6 is 0 Å². The van der Waals surface area contributed by atoms with E-state index in [-0.39, 0.29) is 25.5 Å². The summed E-state index contributed by atoms with van der Waals surface area (Å²) in [6.45, 7) is 2.23. The highest BCUT2D eigenvalue weighted by Gasteiger charge is 2.36. The van der Waals surface area contributed by atoms with Gasteiger partial charge in [0.05, 0.1) is 13.0 Å². The average Bonchev–Trinajstić information content (AvgIpc) is 3.18. The van der Waals surface area contributed by atoms with Gasteiger partial charge in [0.1, 0.15) is 17.9 Å². The lowest BCUT2D eigenvalue weighted by atomic mass is 10.1. The zero-order chi connectivity index (χ0) is 22.0. The van der Waals surface area contributed by atoms with Gasteiger partial charge in [-0.3, -0.25) is 9.59 Å². The van der Waals surface area contributed by atoms with Gasteiger partial charge in [0.25, 0.3) is 0 Å². The van der Waals surface area contributed by atoms with Crippen LogP contribution in [0.1, 0.15) is 24.5 Å². The number of methoxy groups -OCH3 is 1. The number of ether oxygens (including phenoxy) is 2. The number of hydrogen-bond donors (Lipinski definition) is 0. The summed E-state index contributed by atoms with van der Waals surface area (Å²) in [5, 5.41) is 0.661. The lowest BCUT2D eigenvalue weighted by Crippen LogP contribution is -2.27. The topological polar surface area (TPSA) is 86.1 Å². The molecule has 1 fully saturated rings. The first-order chi connectivity index (χ1) is 15.0. The van der Waals surface area contributed by atoms with Crippen LogP contribution in [0.2, 0.25) is 0 Å². The summed E-state index contributed by atoms with van der Waals surface area (Å²) >= 11 is 0. The first-order valence-electron chi connectivity index (χ1n) is 10.2. The van der Waals surface area contributed by atoms with Crippen LogP contribution in [-0.2, 0) is 27.4 Å². The molecule has 2 heterocycles. The van der Waals surface area contributed by atoms with Crippen molar-refractivity contribution in [2.24, 2.45) is 5.92 Å². The van der Waals surface area contributed by atoms with Gasteiger partial charge in [0, 0.05) is 41.7 Å². The smallest absolute Gasteiger partial charge is 0.336 e. The van der Waals surface area contributed by atoms with Gasteiger partial charge in [0.2, 0.25) is 5.91 Å². The number of carbonyl (C=O) groups is 2. The quantitative estimate of drug-likeness (QED) is 0.448. The molecule has 1 atom stereocenters. The summed E-state index contributed by atoms with van der Waals surface area (Å²) in [5.74, 6) is -0.550. The van der Waals surface area contributed by atoms with Crippen LogP contribution < -0.4 is 15.3 Å². The molecule has 31 heavy (non-hydrogen) atoms. The molecule has 1 saturated heterocycles. The Bertz CT molecular complexity index is 1200. The van der Waals surface area contributed by atoms with E-state index in [1.54, 1.807) is 23.1 Å². The van der Waals surface area contributed by atoms with Crippen LogP contribution in [0.5, 0.6) is 5.75 Å². The molecule has 0 spiro atoms.